The Hall–Kier alpha value is -2.27. The Balaban J connectivity index is 1.92. The van der Waals surface area contributed by atoms with Gasteiger partial charge in [0.2, 0.25) is 0 Å². The lowest BCUT2D eigenvalue weighted by Gasteiger charge is -1.96. The number of oxime groups is 1. The van der Waals surface area contributed by atoms with Crippen LogP contribution in [0.1, 0.15) is 17.4 Å². The summed E-state index contributed by atoms with van der Waals surface area (Å²) in [6.45, 7) is 1.77. The van der Waals surface area contributed by atoms with Crippen LogP contribution in [-0.4, -0.2) is 11.7 Å². The Morgan fingerprint density at radius 3 is 2.70 bits per heavy atom. The minimum atomic E-state index is -0.578. The molecule has 0 atom stereocenters. The molecule has 2 aromatic rings. The van der Waals surface area contributed by atoms with E-state index in [4.69, 9.17) is 4.84 Å². The van der Waals surface area contributed by atoms with Crippen LogP contribution < -0.4 is 0 Å². The van der Waals surface area contributed by atoms with Crippen LogP contribution >= 0.6 is 11.3 Å². The summed E-state index contributed by atoms with van der Waals surface area (Å²) < 4.78 is 12.7. The molecule has 2 rings (SSSR count). The van der Waals surface area contributed by atoms with E-state index in [-0.39, 0.29) is 5.82 Å². The zero-order valence-electron chi connectivity index (χ0n) is 10.7. The van der Waals surface area contributed by atoms with Crippen LogP contribution in [-0.2, 0) is 9.63 Å². The van der Waals surface area contributed by atoms with Crippen LogP contribution in [0.25, 0.3) is 6.08 Å². The van der Waals surface area contributed by atoms with Gasteiger partial charge in [0.15, 0.2) is 0 Å². The molecule has 0 radical (unpaired) electrons. The van der Waals surface area contributed by atoms with E-state index < -0.39 is 5.97 Å². The quantitative estimate of drug-likeness (QED) is 0.371. The molecule has 20 heavy (non-hydrogen) atoms. The molecule has 0 amide bonds. The second-order valence-corrected chi connectivity index (χ2v) is 4.90. The van der Waals surface area contributed by atoms with Gasteiger partial charge in [-0.25, -0.2) is 9.18 Å². The molecule has 0 aliphatic heterocycles. The molecule has 0 aliphatic carbocycles. The molecule has 0 saturated carbocycles. The highest BCUT2D eigenvalue weighted by Crippen LogP contribution is 2.10. The Bertz CT molecular complexity index is 630. The summed E-state index contributed by atoms with van der Waals surface area (Å²) in [5, 5.41) is 5.68. The molecule has 3 nitrogen and oxygen atoms in total. The van der Waals surface area contributed by atoms with E-state index in [1.165, 1.54) is 35.6 Å². The highest BCUT2D eigenvalue weighted by Gasteiger charge is 2.01. The first kappa shape index (κ1) is 14.1. The average molecular weight is 289 g/mol. The van der Waals surface area contributed by atoms with Crippen LogP contribution in [0.3, 0.4) is 0 Å². The fourth-order valence-electron chi connectivity index (χ4n) is 1.41. The largest absolute Gasteiger partial charge is 0.358 e. The van der Waals surface area contributed by atoms with Gasteiger partial charge >= 0.3 is 5.97 Å². The lowest BCUT2D eigenvalue weighted by atomic mass is 10.2. The van der Waals surface area contributed by atoms with E-state index in [0.717, 1.165) is 4.88 Å². The molecular formula is C15H12FNO2S. The van der Waals surface area contributed by atoms with Crippen molar-refractivity contribution in [1.82, 2.24) is 0 Å². The minimum absolute atomic E-state index is 0.319. The van der Waals surface area contributed by atoms with Gasteiger partial charge in [0.1, 0.15) is 5.82 Å². The SMILES string of the molecule is C/C(=N/OC(=O)/C=C/c1ccc(F)cc1)c1cccs1. The van der Waals surface area contributed by atoms with Gasteiger partial charge in [-0.15, -0.1) is 11.3 Å². The maximum Gasteiger partial charge on any atom is 0.358 e. The first-order valence-electron chi connectivity index (χ1n) is 5.88. The summed E-state index contributed by atoms with van der Waals surface area (Å²) in [4.78, 5) is 17.2. The summed E-state index contributed by atoms with van der Waals surface area (Å²) in [7, 11) is 0. The van der Waals surface area contributed by atoms with Crippen molar-refractivity contribution in [3.63, 3.8) is 0 Å². The lowest BCUT2D eigenvalue weighted by molar-refractivity contribution is -0.137. The van der Waals surface area contributed by atoms with Gasteiger partial charge in [-0.3, -0.25) is 0 Å². The Kier molecular flexibility index (Phi) is 4.79. The van der Waals surface area contributed by atoms with Crippen LogP contribution in [0.5, 0.6) is 0 Å². The number of carbonyl (C=O) groups excluding carboxylic acids is 1. The number of hydrogen-bond acceptors (Lipinski definition) is 4. The maximum absolute atomic E-state index is 12.7. The predicted octanol–water partition coefficient (Wildman–Crippen LogP) is 3.87. The molecule has 5 heteroatoms. The summed E-state index contributed by atoms with van der Waals surface area (Å²) in [5.74, 6) is -0.897. The number of hydrogen-bond donors (Lipinski definition) is 0. The Labute approximate surface area is 120 Å². The Morgan fingerprint density at radius 1 is 1.30 bits per heavy atom. The van der Waals surface area contributed by atoms with Crippen molar-refractivity contribution >= 4 is 29.1 Å². The fraction of sp³-hybridized carbons (Fsp3) is 0.0667. The molecule has 0 spiro atoms. The molecule has 0 fully saturated rings. The number of carbonyl (C=O) groups is 1. The molecule has 0 saturated heterocycles. The first-order valence-corrected chi connectivity index (χ1v) is 6.76. The molecule has 102 valence electrons. The lowest BCUT2D eigenvalue weighted by Crippen LogP contribution is -1.98. The second-order valence-electron chi connectivity index (χ2n) is 3.95. The normalized spacial score (nSPS) is 11.8. The van der Waals surface area contributed by atoms with Crippen LogP contribution in [0, 0.1) is 5.82 Å². The van der Waals surface area contributed by atoms with Gasteiger partial charge in [0, 0.05) is 6.08 Å². The van der Waals surface area contributed by atoms with Crippen LogP contribution in [0.15, 0.2) is 53.0 Å². The third-order valence-electron chi connectivity index (χ3n) is 2.43. The highest BCUT2D eigenvalue weighted by molar-refractivity contribution is 7.12. The summed E-state index contributed by atoms with van der Waals surface area (Å²) in [5.41, 5.74) is 1.35. The van der Waals surface area contributed by atoms with Gasteiger partial charge < -0.3 is 4.84 Å². The van der Waals surface area contributed by atoms with Crippen molar-refractivity contribution in [2.45, 2.75) is 6.92 Å². The molecule has 1 aromatic carbocycles. The maximum atomic E-state index is 12.7. The van der Waals surface area contributed by atoms with Gasteiger partial charge in [0.25, 0.3) is 0 Å². The van der Waals surface area contributed by atoms with Crippen molar-refractivity contribution in [1.29, 1.82) is 0 Å². The molecule has 0 bridgehead atoms. The summed E-state index contributed by atoms with van der Waals surface area (Å²) in [6.07, 6.45) is 2.79. The third-order valence-corrected chi connectivity index (χ3v) is 3.41. The average Bonchev–Trinajstić information content (AvgIpc) is 2.98. The monoisotopic (exact) mass is 289 g/mol. The number of rotatable bonds is 4. The standard InChI is InChI=1S/C15H12FNO2S/c1-11(14-3-2-10-20-14)17-19-15(18)9-6-12-4-7-13(16)8-5-12/h2-10H,1H3/b9-6+,17-11-. The van der Waals surface area contributed by atoms with Gasteiger partial charge in [-0.05, 0) is 42.1 Å². The van der Waals surface area contributed by atoms with E-state index in [1.807, 2.05) is 17.5 Å². The van der Waals surface area contributed by atoms with Crippen LogP contribution in [0.4, 0.5) is 4.39 Å². The number of halogens is 1. The fourth-order valence-corrected chi connectivity index (χ4v) is 2.08. The number of nitrogens with zero attached hydrogens (tertiary/aromatic N) is 1. The molecule has 0 aliphatic rings. The second kappa shape index (κ2) is 6.77. The first-order chi connectivity index (χ1) is 9.65. The smallest absolute Gasteiger partial charge is 0.313 e. The van der Waals surface area contributed by atoms with E-state index >= 15 is 0 Å². The number of thiophene rings is 1. The van der Waals surface area contributed by atoms with E-state index in [9.17, 15) is 9.18 Å². The van der Waals surface area contributed by atoms with Crippen molar-refractivity contribution in [2.75, 3.05) is 0 Å². The third kappa shape index (κ3) is 4.13. The number of benzene rings is 1. The Morgan fingerprint density at radius 2 is 2.05 bits per heavy atom. The van der Waals surface area contributed by atoms with Crippen molar-refractivity contribution in [3.05, 3.63) is 64.1 Å². The summed E-state index contributed by atoms with van der Waals surface area (Å²) >= 11 is 1.52. The van der Waals surface area contributed by atoms with Crippen molar-refractivity contribution in [3.8, 4) is 0 Å². The summed E-state index contributed by atoms with van der Waals surface area (Å²) in [6, 6.07) is 9.58. The van der Waals surface area contributed by atoms with Crippen molar-refractivity contribution < 1.29 is 14.0 Å². The highest BCUT2D eigenvalue weighted by atomic mass is 32.1. The molecule has 1 heterocycles. The zero-order valence-corrected chi connectivity index (χ0v) is 11.6. The van der Waals surface area contributed by atoms with E-state index in [0.29, 0.717) is 11.3 Å². The molecule has 0 unspecified atom stereocenters. The predicted molar refractivity (Wildman–Crippen MR) is 78.1 cm³/mol. The van der Waals surface area contributed by atoms with E-state index in [2.05, 4.69) is 5.16 Å². The molecule has 1 aromatic heterocycles. The molecule has 0 N–H and O–H groups in total. The topological polar surface area (TPSA) is 38.7 Å². The minimum Gasteiger partial charge on any atom is -0.313 e. The van der Waals surface area contributed by atoms with E-state index in [1.54, 1.807) is 19.1 Å². The van der Waals surface area contributed by atoms with Gasteiger partial charge in [-0.2, -0.15) is 0 Å². The van der Waals surface area contributed by atoms with Gasteiger partial charge in [-0.1, -0.05) is 23.4 Å². The zero-order chi connectivity index (χ0) is 14.4. The van der Waals surface area contributed by atoms with Gasteiger partial charge in [0.05, 0.1) is 10.6 Å². The molecular weight excluding hydrogens is 277 g/mol. The van der Waals surface area contributed by atoms with Crippen molar-refractivity contribution in [2.24, 2.45) is 5.16 Å². The van der Waals surface area contributed by atoms with Crippen LogP contribution in [0.2, 0.25) is 0 Å².